The highest BCUT2D eigenvalue weighted by molar-refractivity contribution is 4.81. The Morgan fingerprint density at radius 3 is 2.53 bits per heavy atom. The van der Waals surface area contributed by atoms with E-state index in [9.17, 15) is 0 Å². The number of methoxy groups -OCH3 is 1. The molecule has 0 heterocycles. The van der Waals surface area contributed by atoms with Crippen LogP contribution in [0.5, 0.6) is 0 Å². The second-order valence-electron chi connectivity index (χ2n) is 6.19. The van der Waals surface area contributed by atoms with Gasteiger partial charge in [0.25, 0.3) is 0 Å². The van der Waals surface area contributed by atoms with Crippen molar-refractivity contribution in [3.05, 3.63) is 0 Å². The minimum Gasteiger partial charge on any atom is -0.382 e. The maximum absolute atomic E-state index is 6.12. The molecule has 0 aliphatic heterocycles. The van der Waals surface area contributed by atoms with Gasteiger partial charge in [0, 0.05) is 20.3 Å². The van der Waals surface area contributed by atoms with E-state index < -0.39 is 0 Å². The average Bonchev–Trinajstić information content (AvgIpc) is 2.37. The molecule has 0 amide bonds. The Labute approximate surface area is 119 Å². The lowest BCUT2D eigenvalue weighted by Crippen LogP contribution is -2.34. The van der Waals surface area contributed by atoms with Crippen molar-refractivity contribution in [2.24, 2.45) is 17.8 Å². The number of hydrogen-bond donors (Lipinski definition) is 0. The number of hydrogen-bond acceptors (Lipinski definition) is 3. The Bertz CT molecular complexity index is 218. The van der Waals surface area contributed by atoms with Crippen LogP contribution in [0.15, 0.2) is 0 Å². The fourth-order valence-corrected chi connectivity index (χ4v) is 2.95. The zero-order valence-corrected chi connectivity index (χ0v) is 13.2. The van der Waals surface area contributed by atoms with Crippen molar-refractivity contribution in [1.29, 1.82) is 0 Å². The molecule has 0 saturated heterocycles. The summed E-state index contributed by atoms with van der Waals surface area (Å²) in [6.07, 6.45) is 5.37. The van der Waals surface area contributed by atoms with Crippen LogP contribution in [-0.4, -0.2) is 39.6 Å². The molecular weight excluding hydrogens is 240 g/mol. The van der Waals surface area contributed by atoms with Gasteiger partial charge in [0.2, 0.25) is 0 Å². The summed E-state index contributed by atoms with van der Waals surface area (Å²) in [5.74, 6) is 2.29. The van der Waals surface area contributed by atoms with Crippen molar-refractivity contribution in [3.8, 4) is 0 Å². The van der Waals surface area contributed by atoms with Gasteiger partial charge in [-0.15, -0.1) is 0 Å². The van der Waals surface area contributed by atoms with Crippen LogP contribution >= 0.6 is 0 Å². The van der Waals surface area contributed by atoms with E-state index in [-0.39, 0.29) is 0 Å². The normalized spacial score (nSPS) is 27.9. The summed E-state index contributed by atoms with van der Waals surface area (Å²) >= 11 is 0. The van der Waals surface area contributed by atoms with Gasteiger partial charge in [-0.25, -0.2) is 0 Å². The summed E-state index contributed by atoms with van der Waals surface area (Å²) in [5, 5.41) is 0. The largest absolute Gasteiger partial charge is 0.382 e. The summed E-state index contributed by atoms with van der Waals surface area (Å²) in [6, 6.07) is 0. The van der Waals surface area contributed by atoms with Crippen LogP contribution in [0, 0.1) is 17.8 Å². The van der Waals surface area contributed by atoms with Crippen LogP contribution < -0.4 is 0 Å². The smallest absolute Gasteiger partial charge is 0.0700 e. The molecule has 3 nitrogen and oxygen atoms in total. The van der Waals surface area contributed by atoms with Gasteiger partial charge in [-0.3, -0.25) is 0 Å². The van der Waals surface area contributed by atoms with Crippen LogP contribution in [0.4, 0.5) is 0 Å². The van der Waals surface area contributed by atoms with Crippen molar-refractivity contribution in [2.75, 3.05) is 33.5 Å². The first-order valence-corrected chi connectivity index (χ1v) is 7.83. The quantitative estimate of drug-likeness (QED) is 0.601. The van der Waals surface area contributed by atoms with Crippen molar-refractivity contribution in [1.82, 2.24) is 0 Å². The Morgan fingerprint density at radius 1 is 1.05 bits per heavy atom. The SMILES string of the molecule is COCCOCCCOC1CC(C)CCC1C(C)C. The molecule has 0 aromatic heterocycles. The monoisotopic (exact) mass is 272 g/mol. The zero-order chi connectivity index (χ0) is 14.1. The molecule has 0 spiro atoms. The Kier molecular flexibility index (Phi) is 8.67. The highest BCUT2D eigenvalue weighted by Gasteiger charge is 2.31. The van der Waals surface area contributed by atoms with Crippen molar-refractivity contribution in [3.63, 3.8) is 0 Å². The molecule has 1 saturated carbocycles. The fourth-order valence-electron chi connectivity index (χ4n) is 2.95. The molecule has 114 valence electrons. The summed E-state index contributed by atoms with van der Waals surface area (Å²) < 4.78 is 16.5. The molecule has 3 atom stereocenters. The maximum atomic E-state index is 6.12. The summed E-state index contributed by atoms with van der Waals surface area (Å²) in [7, 11) is 1.70. The molecule has 3 unspecified atom stereocenters. The summed E-state index contributed by atoms with van der Waals surface area (Å²) in [5.41, 5.74) is 0. The van der Waals surface area contributed by atoms with Gasteiger partial charge < -0.3 is 14.2 Å². The molecule has 1 rings (SSSR count). The number of rotatable bonds is 9. The van der Waals surface area contributed by atoms with Gasteiger partial charge in [-0.05, 0) is 37.0 Å². The Balaban J connectivity index is 2.14. The van der Waals surface area contributed by atoms with E-state index in [1.165, 1.54) is 19.3 Å². The zero-order valence-electron chi connectivity index (χ0n) is 13.2. The van der Waals surface area contributed by atoms with E-state index in [0.29, 0.717) is 19.3 Å². The van der Waals surface area contributed by atoms with Crippen LogP contribution in [0.3, 0.4) is 0 Å². The Morgan fingerprint density at radius 2 is 1.84 bits per heavy atom. The molecule has 3 heteroatoms. The van der Waals surface area contributed by atoms with E-state index in [2.05, 4.69) is 20.8 Å². The lowest BCUT2D eigenvalue weighted by molar-refractivity contribution is -0.0454. The minimum absolute atomic E-state index is 0.461. The lowest BCUT2D eigenvalue weighted by atomic mass is 9.75. The lowest BCUT2D eigenvalue weighted by Gasteiger charge is -2.37. The third kappa shape index (κ3) is 6.73. The second-order valence-corrected chi connectivity index (χ2v) is 6.19. The van der Waals surface area contributed by atoms with Gasteiger partial charge in [-0.2, -0.15) is 0 Å². The van der Waals surface area contributed by atoms with E-state index in [1.54, 1.807) is 7.11 Å². The van der Waals surface area contributed by atoms with Crippen molar-refractivity contribution in [2.45, 2.75) is 52.6 Å². The van der Waals surface area contributed by atoms with Crippen LogP contribution in [0.2, 0.25) is 0 Å². The van der Waals surface area contributed by atoms with Crippen LogP contribution in [0.25, 0.3) is 0 Å². The third-order valence-corrected chi connectivity index (χ3v) is 4.16. The molecule has 0 N–H and O–H groups in total. The van der Waals surface area contributed by atoms with E-state index in [0.717, 1.165) is 37.4 Å². The van der Waals surface area contributed by atoms with Gasteiger partial charge in [0.1, 0.15) is 0 Å². The summed E-state index contributed by atoms with van der Waals surface area (Å²) in [4.78, 5) is 0. The van der Waals surface area contributed by atoms with E-state index in [1.807, 2.05) is 0 Å². The second kappa shape index (κ2) is 9.73. The first kappa shape index (κ1) is 16.9. The van der Waals surface area contributed by atoms with Crippen LogP contribution in [-0.2, 0) is 14.2 Å². The van der Waals surface area contributed by atoms with Crippen molar-refractivity contribution < 1.29 is 14.2 Å². The van der Waals surface area contributed by atoms with E-state index in [4.69, 9.17) is 14.2 Å². The van der Waals surface area contributed by atoms with Gasteiger partial charge in [-0.1, -0.05) is 27.2 Å². The van der Waals surface area contributed by atoms with E-state index >= 15 is 0 Å². The molecule has 0 bridgehead atoms. The highest BCUT2D eigenvalue weighted by atomic mass is 16.5. The topological polar surface area (TPSA) is 27.7 Å². The van der Waals surface area contributed by atoms with Crippen molar-refractivity contribution >= 4 is 0 Å². The maximum Gasteiger partial charge on any atom is 0.0700 e. The highest BCUT2D eigenvalue weighted by Crippen LogP contribution is 2.35. The van der Waals surface area contributed by atoms with Gasteiger partial charge in [0.15, 0.2) is 0 Å². The molecule has 19 heavy (non-hydrogen) atoms. The van der Waals surface area contributed by atoms with Gasteiger partial charge in [0.05, 0.1) is 19.3 Å². The predicted octanol–water partition coefficient (Wildman–Crippen LogP) is 3.52. The molecule has 1 aliphatic carbocycles. The average molecular weight is 272 g/mol. The first-order valence-electron chi connectivity index (χ1n) is 7.83. The van der Waals surface area contributed by atoms with Crippen LogP contribution in [0.1, 0.15) is 46.5 Å². The predicted molar refractivity (Wildman–Crippen MR) is 78.4 cm³/mol. The molecule has 1 aliphatic rings. The molecule has 0 aromatic carbocycles. The molecule has 1 fully saturated rings. The van der Waals surface area contributed by atoms with Gasteiger partial charge >= 0.3 is 0 Å². The fraction of sp³-hybridized carbons (Fsp3) is 1.00. The molecule has 0 radical (unpaired) electrons. The minimum atomic E-state index is 0.461. The number of ether oxygens (including phenoxy) is 3. The Hall–Kier alpha value is -0.120. The molecule has 0 aromatic rings. The standard InChI is InChI=1S/C16H32O3/c1-13(2)15-7-6-14(3)12-16(15)19-9-5-8-18-11-10-17-4/h13-16H,5-12H2,1-4H3. The third-order valence-electron chi connectivity index (χ3n) is 4.16. The first-order chi connectivity index (χ1) is 9.15. The summed E-state index contributed by atoms with van der Waals surface area (Å²) in [6.45, 7) is 9.96. The molecular formula is C16H32O3.